The van der Waals surface area contributed by atoms with E-state index in [-0.39, 0.29) is 0 Å². The minimum absolute atomic E-state index is 0.908. The third-order valence-corrected chi connectivity index (χ3v) is 12.1. The molecule has 0 unspecified atom stereocenters. The zero-order valence-corrected chi connectivity index (χ0v) is 28.2. The second kappa shape index (κ2) is 10.1. The first kappa shape index (κ1) is 27.4. The Morgan fingerprint density at radius 3 is 1.94 bits per heavy atom. The van der Waals surface area contributed by atoms with Crippen molar-refractivity contribution in [3.8, 4) is 22.3 Å². The van der Waals surface area contributed by atoms with Crippen LogP contribution in [0.4, 0.5) is 17.1 Å². The molecule has 12 rings (SSSR count). The number of thiophene rings is 1. The van der Waals surface area contributed by atoms with E-state index in [1.807, 2.05) is 11.3 Å². The first-order valence-electron chi connectivity index (χ1n) is 17.4. The van der Waals surface area contributed by atoms with Crippen LogP contribution in [-0.4, -0.2) is 0 Å². The number of furan rings is 1. The number of rotatable bonds is 4. The average Bonchev–Trinajstić information content (AvgIpc) is 3.72. The van der Waals surface area contributed by atoms with Crippen LogP contribution in [0.1, 0.15) is 0 Å². The largest absolute Gasteiger partial charge is 0.456 e. The highest BCUT2D eigenvalue weighted by Crippen LogP contribution is 2.53. The molecule has 2 nitrogen and oxygen atoms in total. The van der Waals surface area contributed by atoms with Crippen LogP contribution in [0.5, 0.6) is 0 Å². The average molecular weight is 666 g/mol. The molecule has 0 saturated carbocycles. The van der Waals surface area contributed by atoms with Crippen LogP contribution < -0.4 is 4.90 Å². The zero-order chi connectivity index (χ0) is 33.2. The maximum absolute atomic E-state index is 6.87. The summed E-state index contributed by atoms with van der Waals surface area (Å²) in [4.78, 5) is 2.43. The molecule has 0 spiro atoms. The molecule has 9 aromatic carbocycles. The highest BCUT2D eigenvalue weighted by Gasteiger charge is 2.26. The normalized spacial score (nSPS) is 12.3. The molecule has 0 bridgehead atoms. The Morgan fingerprint density at radius 1 is 0.392 bits per heavy atom. The van der Waals surface area contributed by atoms with Crippen LogP contribution in [0.2, 0.25) is 0 Å². The Hall–Kier alpha value is -6.42. The van der Waals surface area contributed by atoms with Gasteiger partial charge in [0.05, 0.1) is 5.69 Å². The van der Waals surface area contributed by atoms with E-state index in [1.54, 1.807) is 0 Å². The number of anilines is 3. The molecule has 0 N–H and O–H groups in total. The smallest absolute Gasteiger partial charge is 0.138 e. The Bertz CT molecular complexity index is 3240. The number of hydrogen-bond donors (Lipinski definition) is 0. The summed E-state index contributed by atoms with van der Waals surface area (Å²) in [5.41, 5.74) is 10.1. The first-order chi connectivity index (χ1) is 25.3. The Balaban J connectivity index is 1.19. The van der Waals surface area contributed by atoms with E-state index in [9.17, 15) is 0 Å². The fourth-order valence-electron chi connectivity index (χ4n) is 8.74. The van der Waals surface area contributed by atoms with Gasteiger partial charge in [0.1, 0.15) is 11.2 Å². The van der Waals surface area contributed by atoms with E-state index in [2.05, 4.69) is 169 Å². The van der Waals surface area contributed by atoms with Crippen LogP contribution in [0.3, 0.4) is 0 Å². The van der Waals surface area contributed by atoms with Crippen molar-refractivity contribution in [2.75, 3.05) is 4.90 Å². The van der Waals surface area contributed by atoms with Crippen molar-refractivity contribution < 1.29 is 4.42 Å². The summed E-state index contributed by atoms with van der Waals surface area (Å²) < 4.78 is 9.45. The van der Waals surface area contributed by atoms with Gasteiger partial charge in [0, 0.05) is 64.5 Å². The van der Waals surface area contributed by atoms with Crippen molar-refractivity contribution in [3.05, 3.63) is 164 Å². The molecule has 0 aliphatic heterocycles. The van der Waals surface area contributed by atoms with Crippen molar-refractivity contribution in [1.29, 1.82) is 0 Å². The van der Waals surface area contributed by atoms with E-state index >= 15 is 0 Å². The Labute approximate surface area is 297 Å². The Kier molecular flexibility index (Phi) is 5.41. The third-order valence-electron chi connectivity index (χ3n) is 10.9. The number of nitrogens with zero attached hydrogens (tertiary/aromatic N) is 1. The van der Waals surface area contributed by atoms with Gasteiger partial charge in [-0.2, -0.15) is 0 Å². The minimum atomic E-state index is 0.908. The lowest BCUT2D eigenvalue weighted by Crippen LogP contribution is -2.10. The lowest BCUT2D eigenvalue weighted by Gasteiger charge is -2.27. The van der Waals surface area contributed by atoms with Gasteiger partial charge in [0.2, 0.25) is 0 Å². The van der Waals surface area contributed by atoms with E-state index in [4.69, 9.17) is 4.42 Å². The lowest BCUT2D eigenvalue weighted by molar-refractivity contribution is 0.669. The summed E-state index contributed by atoms with van der Waals surface area (Å²) >= 11 is 1.86. The second-order valence-corrected chi connectivity index (χ2v) is 14.7. The Morgan fingerprint density at radius 2 is 1.06 bits per heavy atom. The molecule has 0 atom stereocenters. The molecule has 0 saturated heterocycles. The van der Waals surface area contributed by atoms with Gasteiger partial charge in [-0.15, -0.1) is 11.3 Å². The van der Waals surface area contributed by atoms with Gasteiger partial charge in [0.25, 0.3) is 0 Å². The molecule has 2 heterocycles. The van der Waals surface area contributed by atoms with Crippen molar-refractivity contribution in [3.63, 3.8) is 0 Å². The van der Waals surface area contributed by atoms with Gasteiger partial charge in [0.15, 0.2) is 0 Å². The fraction of sp³-hybridized carbons (Fsp3) is 0. The number of fused-ring (bicyclic) bond motifs is 4. The van der Waals surface area contributed by atoms with Gasteiger partial charge in [-0.25, -0.2) is 0 Å². The molecule has 0 fully saturated rings. The van der Waals surface area contributed by atoms with E-state index in [1.165, 1.54) is 85.5 Å². The van der Waals surface area contributed by atoms with Gasteiger partial charge in [-0.3, -0.25) is 0 Å². The molecule has 236 valence electrons. The van der Waals surface area contributed by atoms with E-state index < -0.39 is 0 Å². The summed E-state index contributed by atoms with van der Waals surface area (Å²) in [5.74, 6) is 0. The molecule has 0 amide bonds. The van der Waals surface area contributed by atoms with Gasteiger partial charge >= 0.3 is 0 Å². The highest BCUT2D eigenvalue weighted by molar-refractivity contribution is 7.25. The fourth-order valence-corrected chi connectivity index (χ4v) is 9.88. The molecule has 1 aliphatic rings. The lowest BCUT2D eigenvalue weighted by atomic mass is 9.92. The molecule has 2 aromatic heterocycles. The van der Waals surface area contributed by atoms with Gasteiger partial charge in [-0.1, -0.05) is 121 Å². The quantitative estimate of drug-likeness (QED) is 0.174. The predicted molar refractivity (Wildman–Crippen MR) is 218 cm³/mol. The zero-order valence-electron chi connectivity index (χ0n) is 27.4. The maximum atomic E-state index is 6.87. The van der Waals surface area contributed by atoms with Gasteiger partial charge < -0.3 is 9.32 Å². The number of hydrogen-bond acceptors (Lipinski definition) is 3. The second-order valence-electron chi connectivity index (χ2n) is 13.6. The van der Waals surface area contributed by atoms with Crippen LogP contribution in [-0.2, 0) is 0 Å². The summed E-state index contributed by atoms with van der Waals surface area (Å²) in [5, 5.41) is 12.5. The van der Waals surface area contributed by atoms with Crippen LogP contribution >= 0.6 is 11.3 Å². The topological polar surface area (TPSA) is 16.4 Å². The van der Waals surface area contributed by atoms with Crippen LogP contribution in [0.15, 0.2) is 168 Å². The minimum Gasteiger partial charge on any atom is -0.456 e. The van der Waals surface area contributed by atoms with E-state index in [0.29, 0.717) is 0 Å². The maximum Gasteiger partial charge on any atom is 0.138 e. The van der Waals surface area contributed by atoms with Crippen molar-refractivity contribution in [2.45, 2.75) is 0 Å². The van der Waals surface area contributed by atoms with Crippen molar-refractivity contribution in [2.24, 2.45) is 0 Å². The van der Waals surface area contributed by atoms with Crippen molar-refractivity contribution in [1.82, 2.24) is 0 Å². The molecular formula is C48H27NOS. The number of benzene rings is 9. The monoisotopic (exact) mass is 665 g/mol. The summed E-state index contributed by atoms with van der Waals surface area (Å²) in [6.45, 7) is 0. The molecule has 51 heavy (non-hydrogen) atoms. The van der Waals surface area contributed by atoms with Crippen LogP contribution in [0, 0.1) is 0 Å². The summed E-state index contributed by atoms with van der Waals surface area (Å²) in [6.07, 6.45) is 0. The van der Waals surface area contributed by atoms with Crippen molar-refractivity contribution >= 4 is 103 Å². The van der Waals surface area contributed by atoms with Crippen LogP contribution in [0.25, 0.3) is 96.7 Å². The summed E-state index contributed by atoms with van der Waals surface area (Å²) in [7, 11) is 0. The molecule has 3 heteroatoms. The third kappa shape index (κ3) is 3.76. The predicted octanol–water partition coefficient (Wildman–Crippen LogP) is 14.5. The molecular weight excluding hydrogens is 639 g/mol. The molecule has 0 radical (unpaired) electrons. The summed E-state index contributed by atoms with van der Waals surface area (Å²) in [6, 6.07) is 60.0. The highest BCUT2D eigenvalue weighted by atomic mass is 32.1. The molecule has 11 aromatic rings. The molecule has 1 aliphatic carbocycles. The van der Waals surface area contributed by atoms with Gasteiger partial charge in [-0.05, 0) is 74.8 Å². The van der Waals surface area contributed by atoms with E-state index in [0.717, 1.165) is 28.2 Å². The standard InChI is InChI=1S/C48H27NOS/c1-2-8-28(9-3-1)29-18-21-32(22-19-29)49(33-23-24-35-34-11-4-5-15-42(34)51-43(35)26-33)39-27-41-48-46-37(13-7-14-38(39)46)36-12-6-10-30-16-17-31-20-25-40(50-41)47(48)45(31)44(30)36/h1-27H. The first-order valence-corrected chi connectivity index (χ1v) is 18.2. The SMILES string of the molecule is c1ccc(-c2ccc(N(c3ccc4c(c3)sc3ccccc34)c3cc4oc5ccc6ccc7cccc8c7c6c5c4c4c-8cccc34)cc2)cc1.